The van der Waals surface area contributed by atoms with Crippen LogP contribution in [0.4, 0.5) is 11.4 Å². The highest BCUT2D eigenvalue weighted by Gasteiger charge is 2.32. The standard InChI is InChI=1S/C19H19ClN2O3/c1-11-6-12(2)8-15(7-11)21-18(23)10-22-16-9-14(20)4-5-17(16)25-13(3)19(22)24/h4-9,13H,10H2,1-3H3,(H,21,23). The second kappa shape index (κ2) is 6.76. The molecule has 0 radical (unpaired) electrons. The van der Waals surface area contributed by atoms with E-state index in [1.54, 1.807) is 25.1 Å². The Hall–Kier alpha value is -2.53. The van der Waals surface area contributed by atoms with Crippen molar-refractivity contribution in [2.24, 2.45) is 0 Å². The largest absolute Gasteiger partial charge is 0.479 e. The van der Waals surface area contributed by atoms with Crippen LogP contribution in [0, 0.1) is 13.8 Å². The molecular weight excluding hydrogens is 340 g/mol. The van der Waals surface area contributed by atoms with Crippen LogP contribution in [-0.4, -0.2) is 24.5 Å². The average molecular weight is 359 g/mol. The van der Waals surface area contributed by atoms with Crippen LogP contribution in [0.5, 0.6) is 5.75 Å². The lowest BCUT2D eigenvalue weighted by atomic mass is 10.1. The summed E-state index contributed by atoms with van der Waals surface area (Å²) in [5.41, 5.74) is 3.33. The Balaban J connectivity index is 1.82. The van der Waals surface area contributed by atoms with Crippen molar-refractivity contribution < 1.29 is 14.3 Å². The second-order valence-corrected chi connectivity index (χ2v) is 6.66. The molecule has 2 aromatic carbocycles. The van der Waals surface area contributed by atoms with Gasteiger partial charge in [0, 0.05) is 10.7 Å². The summed E-state index contributed by atoms with van der Waals surface area (Å²) >= 11 is 6.03. The van der Waals surface area contributed by atoms with Crippen molar-refractivity contribution in [2.75, 3.05) is 16.8 Å². The minimum Gasteiger partial charge on any atom is -0.479 e. The van der Waals surface area contributed by atoms with E-state index in [2.05, 4.69) is 5.32 Å². The van der Waals surface area contributed by atoms with E-state index in [1.165, 1.54) is 4.90 Å². The average Bonchev–Trinajstić information content (AvgIpc) is 2.51. The molecule has 0 fully saturated rings. The number of benzene rings is 2. The first-order valence-electron chi connectivity index (χ1n) is 7.99. The third-order valence-electron chi connectivity index (χ3n) is 3.94. The lowest BCUT2D eigenvalue weighted by Crippen LogP contribution is -2.47. The predicted molar refractivity (Wildman–Crippen MR) is 98.4 cm³/mol. The number of nitrogens with one attached hydrogen (secondary N) is 1. The molecule has 0 aromatic heterocycles. The van der Waals surface area contributed by atoms with E-state index >= 15 is 0 Å². The molecule has 2 amide bonds. The van der Waals surface area contributed by atoms with Gasteiger partial charge >= 0.3 is 0 Å². The number of halogens is 1. The molecular formula is C19H19ClN2O3. The van der Waals surface area contributed by atoms with E-state index < -0.39 is 6.10 Å². The Labute approximate surface area is 151 Å². The quantitative estimate of drug-likeness (QED) is 0.909. The van der Waals surface area contributed by atoms with Gasteiger partial charge in [0.2, 0.25) is 5.91 Å². The van der Waals surface area contributed by atoms with Gasteiger partial charge in [0.25, 0.3) is 5.91 Å². The van der Waals surface area contributed by atoms with Gasteiger partial charge in [-0.3, -0.25) is 14.5 Å². The molecule has 130 valence electrons. The normalized spacial score (nSPS) is 16.2. The van der Waals surface area contributed by atoms with Gasteiger partial charge in [-0.2, -0.15) is 0 Å². The van der Waals surface area contributed by atoms with Crippen LogP contribution in [0.1, 0.15) is 18.1 Å². The van der Waals surface area contributed by atoms with Crippen molar-refractivity contribution in [1.29, 1.82) is 0 Å². The fourth-order valence-electron chi connectivity index (χ4n) is 2.93. The van der Waals surface area contributed by atoms with Crippen LogP contribution in [0.2, 0.25) is 5.02 Å². The third kappa shape index (κ3) is 3.77. The molecule has 3 rings (SSSR count). The molecule has 0 spiro atoms. The van der Waals surface area contributed by atoms with Crippen molar-refractivity contribution in [3.8, 4) is 5.75 Å². The first kappa shape index (κ1) is 17.3. The molecule has 6 heteroatoms. The van der Waals surface area contributed by atoms with Crippen LogP contribution in [-0.2, 0) is 9.59 Å². The Morgan fingerprint density at radius 3 is 2.56 bits per heavy atom. The summed E-state index contributed by atoms with van der Waals surface area (Å²) in [6, 6.07) is 10.8. The molecule has 1 N–H and O–H groups in total. The third-order valence-corrected chi connectivity index (χ3v) is 4.17. The molecule has 1 aliphatic rings. The highest BCUT2D eigenvalue weighted by atomic mass is 35.5. The molecule has 0 bridgehead atoms. The Morgan fingerprint density at radius 1 is 1.20 bits per heavy atom. The fraction of sp³-hybridized carbons (Fsp3) is 0.263. The van der Waals surface area contributed by atoms with E-state index in [0.717, 1.165) is 11.1 Å². The summed E-state index contributed by atoms with van der Waals surface area (Å²) < 4.78 is 5.58. The molecule has 1 aliphatic heterocycles. The summed E-state index contributed by atoms with van der Waals surface area (Å²) in [7, 11) is 0. The number of hydrogen-bond acceptors (Lipinski definition) is 3. The lowest BCUT2D eigenvalue weighted by molar-refractivity contribution is -0.127. The topological polar surface area (TPSA) is 58.6 Å². The van der Waals surface area contributed by atoms with Crippen molar-refractivity contribution in [3.05, 3.63) is 52.5 Å². The van der Waals surface area contributed by atoms with E-state index in [4.69, 9.17) is 16.3 Å². The highest BCUT2D eigenvalue weighted by Crippen LogP contribution is 2.36. The smallest absolute Gasteiger partial charge is 0.268 e. The Kier molecular flexibility index (Phi) is 4.68. The SMILES string of the molecule is Cc1cc(C)cc(NC(=O)CN2C(=O)C(C)Oc3ccc(Cl)cc32)c1. The van der Waals surface area contributed by atoms with Crippen molar-refractivity contribution in [2.45, 2.75) is 26.9 Å². The number of anilines is 2. The van der Waals surface area contributed by atoms with Crippen molar-refractivity contribution >= 4 is 34.8 Å². The Bertz CT molecular complexity index is 830. The van der Waals surface area contributed by atoms with Crippen molar-refractivity contribution in [3.63, 3.8) is 0 Å². The summed E-state index contributed by atoms with van der Waals surface area (Å²) in [6.07, 6.45) is -0.650. The predicted octanol–water partition coefficient (Wildman–Crippen LogP) is 3.71. The molecule has 0 saturated heterocycles. The molecule has 1 heterocycles. The first-order valence-corrected chi connectivity index (χ1v) is 8.37. The minimum atomic E-state index is -0.650. The minimum absolute atomic E-state index is 0.104. The van der Waals surface area contributed by atoms with Gasteiger partial charge in [0.15, 0.2) is 6.10 Å². The molecule has 0 saturated carbocycles. The lowest BCUT2D eigenvalue weighted by Gasteiger charge is -2.32. The molecule has 2 aromatic rings. The van der Waals surface area contributed by atoms with Gasteiger partial charge < -0.3 is 10.1 Å². The number of fused-ring (bicyclic) bond motifs is 1. The fourth-order valence-corrected chi connectivity index (χ4v) is 3.10. The number of amides is 2. The van der Waals surface area contributed by atoms with Crippen molar-refractivity contribution in [1.82, 2.24) is 0 Å². The second-order valence-electron chi connectivity index (χ2n) is 6.22. The maximum absolute atomic E-state index is 12.5. The molecule has 1 unspecified atom stereocenters. The summed E-state index contributed by atoms with van der Waals surface area (Å²) in [6.45, 7) is 5.49. The maximum atomic E-state index is 12.5. The van der Waals surface area contributed by atoms with Gasteiger partial charge in [0.1, 0.15) is 12.3 Å². The van der Waals surface area contributed by atoms with Gasteiger partial charge in [0.05, 0.1) is 5.69 Å². The molecule has 5 nitrogen and oxygen atoms in total. The highest BCUT2D eigenvalue weighted by molar-refractivity contribution is 6.31. The zero-order valence-electron chi connectivity index (χ0n) is 14.3. The monoisotopic (exact) mass is 358 g/mol. The summed E-state index contributed by atoms with van der Waals surface area (Å²) in [4.78, 5) is 26.4. The van der Waals surface area contributed by atoms with Crippen LogP contribution >= 0.6 is 11.6 Å². The number of carbonyl (C=O) groups is 2. The van der Waals surface area contributed by atoms with E-state index in [0.29, 0.717) is 22.1 Å². The Morgan fingerprint density at radius 2 is 1.88 bits per heavy atom. The zero-order valence-corrected chi connectivity index (χ0v) is 15.1. The van der Waals surface area contributed by atoms with Crippen LogP contribution < -0.4 is 15.0 Å². The molecule has 1 atom stereocenters. The summed E-state index contributed by atoms with van der Waals surface area (Å²) in [5, 5.41) is 3.32. The first-order chi connectivity index (χ1) is 11.8. The molecule has 25 heavy (non-hydrogen) atoms. The number of carbonyl (C=O) groups excluding carboxylic acids is 2. The molecule has 0 aliphatic carbocycles. The van der Waals surface area contributed by atoms with Crippen LogP contribution in [0.25, 0.3) is 0 Å². The number of ether oxygens (including phenoxy) is 1. The van der Waals surface area contributed by atoms with E-state index in [-0.39, 0.29) is 18.4 Å². The van der Waals surface area contributed by atoms with Gasteiger partial charge in [-0.15, -0.1) is 0 Å². The number of nitrogens with zero attached hydrogens (tertiary/aromatic N) is 1. The summed E-state index contributed by atoms with van der Waals surface area (Å²) in [5.74, 6) is -0.0144. The van der Waals surface area contributed by atoms with Gasteiger partial charge in [-0.25, -0.2) is 0 Å². The van der Waals surface area contributed by atoms with E-state index in [9.17, 15) is 9.59 Å². The van der Waals surface area contributed by atoms with E-state index in [1.807, 2.05) is 32.0 Å². The zero-order chi connectivity index (χ0) is 18.1. The maximum Gasteiger partial charge on any atom is 0.268 e. The van der Waals surface area contributed by atoms with Gasteiger partial charge in [-0.1, -0.05) is 17.7 Å². The number of rotatable bonds is 3. The number of aryl methyl sites for hydroxylation is 2. The van der Waals surface area contributed by atoms with Crippen LogP contribution in [0.3, 0.4) is 0 Å². The number of hydrogen-bond donors (Lipinski definition) is 1. The van der Waals surface area contributed by atoms with Gasteiger partial charge in [-0.05, 0) is 62.2 Å². The van der Waals surface area contributed by atoms with Crippen LogP contribution in [0.15, 0.2) is 36.4 Å².